The second-order valence-corrected chi connectivity index (χ2v) is 9.83. The predicted molar refractivity (Wildman–Crippen MR) is 127 cm³/mol. The van der Waals surface area contributed by atoms with Crippen molar-refractivity contribution in [1.29, 1.82) is 0 Å². The van der Waals surface area contributed by atoms with Gasteiger partial charge in [-0.05, 0) is 75.8 Å². The summed E-state index contributed by atoms with van der Waals surface area (Å²) in [5.74, 6) is -0.570. The molecule has 1 aromatic heterocycles. The number of hydrogen-bond acceptors (Lipinski definition) is 5. The number of amides is 2. The van der Waals surface area contributed by atoms with E-state index in [0.717, 1.165) is 37.9 Å². The fourth-order valence-electron chi connectivity index (χ4n) is 4.56. The maximum absolute atomic E-state index is 12.9. The van der Waals surface area contributed by atoms with Gasteiger partial charge in [0.1, 0.15) is 5.00 Å². The molecule has 4 rings (SSSR count). The summed E-state index contributed by atoms with van der Waals surface area (Å²) in [6.07, 6.45) is 6.73. The Labute approximate surface area is 188 Å². The van der Waals surface area contributed by atoms with Gasteiger partial charge in [-0.3, -0.25) is 14.5 Å². The van der Waals surface area contributed by atoms with Crippen molar-refractivity contribution < 1.29 is 9.59 Å². The van der Waals surface area contributed by atoms with Crippen LogP contribution in [0.2, 0.25) is 0 Å². The lowest BCUT2D eigenvalue weighted by atomic mass is 10.1. The molecule has 31 heavy (non-hydrogen) atoms. The Kier molecular flexibility index (Phi) is 6.62. The molecule has 1 aliphatic carbocycles. The number of carbonyl (C=O) groups is 2. The highest BCUT2D eigenvalue weighted by atomic mass is 32.1. The van der Waals surface area contributed by atoms with Crippen LogP contribution in [-0.2, 0) is 24.2 Å². The van der Waals surface area contributed by atoms with E-state index >= 15 is 0 Å². The lowest BCUT2D eigenvalue weighted by Gasteiger charge is -2.29. The van der Waals surface area contributed by atoms with E-state index in [1.54, 1.807) is 0 Å². The van der Waals surface area contributed by atoms with Crippen molar-refractivity contribution in [3.63, 3.8) is 0 Å². The first-order valence-electron chi connectivity index (χ1n) is 11.2. The van der Waals surface area contributed by atoms with Crippen LogP contribution in [0.15, 0.2) is 24.3 Å². The van der Waals surface area contributed by atoms with E-state index in [-0.39, 0.29) is 11.9 Å². The molecule has 1 aliphatic heterocycles. The van der Waals surface area contributed by atoms with Crippen molar-refractivity contribution in [1.82, 2.24) is 4.90 Å². The van der Waals surface area contributed by atoms with E-state index in [1.807, 2.05) is 18.9 Å². The monoisotopic (exact) mass is 440 g/mol. The smallest absolute Gasteiger partial charge is 0.251 e. The van der Waals surface area contributed by atoms with E-state index < -0.39 is 5.91 Å². The van der Waals surface area contributed by atoms with Crippen LogP contribution in [0.3, 0.4) is 0 Å². The van der Waals surface area contributed by atoms with Crippen LogP contribution in [0.5, 0.6) is 0 Å². The molecule has 2 aromatic rings. The molecule has 1 unspecified atom stereocenters. The van der Waals surface area contributed by atoms with Crippen molar-refractivity contribution in [3.8, 4) is 0 Å². The van der Waals surface area contributed by atoms with Gasteiger partial charge in [-0.15, -0.1) is 11.3 Å². The Morgan fingerprint density at radius 2 is 1.84 bits per heavy atom. The van der Waals surface area contributed by atoms with Crippen molar-refractivity contribution in [3.05, 3.63) is 45.8 Å². The molecule has 1 aromatic carbocycles. The Bertz CT molecular complexity index is 947. The minimum Gasteiger partial charge on any atom is -0.372 e. The number of likely N-dealkylation sites (N-methyl/N-ethyl adjacent to an activating group) is 1. The SMILES string of the molecule is CC(C(=O)Nc1sc2c(c1C(N)=O)CCC2)N(C)Cc1ccc(N2CCCCC2)cc1. The quantitative estimate of drug-likeness (QED) is 0.687. The third-order valence-electron chi connectivity index (χ3n) is 6.53. The fraction of sp³-hybridized carbons (Fsp3) is 0.500. The molecule has 2 aliphatic rings. The lowest BCUT2D eigenvalue weighted by molar-refractivity contribution is -0.120. The molecular weight excluding hydrogens is 408 g/mol. The molecule has 2 amide bonds. The summed E-state index contributed by atoms with van der Waals surface area (Å²) in [7, 11) is 1.95. The average molecular weight is 441 g/mol. The number of nitrogens with zero attached hydrogens (tertiary/aromatic N) is 2. The largest absolute Gasteiger partial charge is 0.372 e. The number of thiophene rings is 1. The Morgan fingerprint density at radius 1 is 1.13 bits per heavy atom. The summed E-state index contributed by atoms with van der Waals surface area (Å²) in [5, 5.41) is 3.58. The number of carbonyl (C=O) groups excluding carboxylic acids is 2. The minimum atomic E-state index is -0.454. The Morgan fingerprint density at radius 3 is 2.52 bits per heavy atom. The number of anilines is 2. The van der Waals surface area contributed by atoms with Gasteiger partial charge in [-0.2, -0.15) is 0 Å². The van der Waals surface area contributed by atoms with Crippen LogP contribution in [0.25, 0.3) is 0 Å². The van der Waals surface area contributed by atoms with Crippen molar-refractivity contribution in [2.24, 2.45) is 5.73 Å². The molecule has 1 fully saturated rings. The number of aryl methyl sites for hydroxylation is 1. The predicted octanol–water partition coefficient (Wildman–Crippen LogP) is 3.79. The standard InChI is InChI=1S/C24H32N4O2S/c1-16(23(30)26-24-21(22(25)29)19-7-6-8-20(19)31-24)27(2)15-17-9-11-18(12-10-17)28-13-4-3-5-14-28/h9-12,16H,3-8,13-15H2,1-2H3,(H2,25,29)(H,26,30). The molecule has 1 atom stereocenters. The number of rotatable bonds is 7. The van der Waals surface area contributed by atoms with Gasteiger partial charge in [0.15, 0.2) is 0 Å². The summed E-state index contributed by atoms with van der Waals surface area (Å²) in [5.41, 5.74) is 9.61. The van der Waals surface area contributed by atoms with E-state index in [2.05, 4.69) is 34.5 Å². The van der Waals surface area contributed by atoms with Crippen LogP contribution in [0.4, 0.5) is 10.7 Å². The maximum atomic E-state index is 12.9. The molecule has 0 spiro atoms. The Balaban J connectivity index is 1.37. The highest BCUT2D eigenvalue weighted by molar-refractivity contribution is 7.17. The third kappa shape index (κ3) is 4.77. The van der Waals surface area contributed by atoms with Crippen molar-refractivity contribution >= 4 is 33.8 Å². The van der Waals surface area contributed by atoms with Gasteiger partial charge in [0.05, 0.1) is 11.6 Å². The molecule has 7 heteroatoms. The van der Waals surface area contributed by atoms with Gasteiger partial charge in [0.2, 0.25) is 5.91 Å². The van der Waals surface area contributed by atoms with Crippen LogP contribution in [-0.4, -0.2) is 42.9 Å². The molecule has 0 bridgehead atoms. The molecular formula is C24H32N4O2S. The van der Waals surface area contributed by atoms with Gasteiger partial charge in [0.25, 0.3) is 5.91 Å². The fourth-order valence-corrected chi connectivity index (χ4v) is 5.86. The number of nitrogens with one attached hydrogen (secondary N) is 1. The first kappa shape index (κ1) is 21.8. The van der Waals surface area contributed by atoms with Crippen molar-refractivity contribution in [2.45, 2.75) is 58.0 Å². The normalized spacial score (nSPS) is 16.9. The minimum absolute atomic E-state index is 0.116. The summed E-state index contributed by atoms with van der Waals surface area (Å²) in [6, 6.07) is 8.34. The molecule has 166 valence electrons. The zero-order valence-corrected chi connectivity index (χ0v) is 19.3. The van der Waals surface area contributed by atoms with Gasteiger partial charge >= 0.3 is 0 Å². The molecule has 6 nitrogen and oxygen atoms in total. The van der Waals surface area contributed by atoms with Gasteiger partial charge < -0.3 is 16.0 Å². The van der Waals surface area contributed by atoms with Crippen LogP contribution in [0, 0.1) is 0 Å². The molecule has 1 saturated heterocycles. The van der Waals surface area contributed by atoms with Crippen LogP contribution >= 0.6 is 11.3 Å². The van der Waals surface area contributed by atoms with E-state index in [0.29, 0.717) is 17.1 Å². The summed E-state index contributed by atoms with van der Waals surface area (Å²) in [4.78, 5) is 30.5. The zero-order valence-electron chi connectivity index (χ0n) is 18.4. The van der Waals surface area contributed by atoms with Gasteiger partial charge in [0, 0.05) is 30.2 Å². The molecule has 2 heterocycles. The number of primary amides is 1. The summed E-state index contributed by atoms with van der Waals surface area (Å²) < 4.78 is 0. The average Bonchev–Trinajstić information content (AvgIpc) is 3.34. The number of fused-ring (bicyclic) bond motifs is 1. The molecule has 0 saturated carbocycles. The maximum Gasteiger partial charge on any atom is 0.251 e. The summed E-state index contributed by atoms with van der Waals surface area (Å²) >= 11 is 1.50. The highest BCUT2D eigenvalue weighted by Gasteiger charge is 2.28. The molecule has 0 radical (unpaired) electrons. The molecule has 3 N–H and O–H groups in total. The van der Waals surface area contributed by atoms with Gasteiger partial charge in [-0.25, -0.2) is 0 Å². The van der Waals surface area contributed by atoms with Crippen LogP contribution in [0.1, 0.15) is 59.0 Å². The van der Waals surface area contributed by atoms with Crippen molar-refractivity contribution in [2.75, 3.05) is 30.4 Å². The van der Waals surface area contributed by atoms with E-state index in [9.17, 15) is 9.59 Å². The zero-order chi connectivity index (χ0) is 22.0. The highest BCUT2D eigenvalue weighted by Crippen LogP contribution is 2.39. The third-order valence-corrected chi connectivity index (χ3v) is 7.74. The van der Waals surface area contributed by atoms with E-state index in [1.165, 1.54) is 46.7 Å². The first-order chi connectivity index (χ1) is 14.9. The topological polar surface area (TPSA) is 78.7 Å². The van der Waals surface area contributed by atoms with Crippen LogP contribution < -0.4 is 16.0 Å². The number of nitrogens with two attached hydrogens (primary N) is 1. The van der Waals surface area contributed by atoms with Gasteiger partial charge in [-0.1, -0.05) is 12.1 Å². The lowest BCUT2D eigenvalue weighted by Crippen LogP contribution is -2.39. The number of hydrogen-bond donors (Lipinski definition) is 2. The first-order valence-corrected chi connectivity index (χ1v) is 12.0. The second kappa shape index (κ2) is 9.40. The van der Waals surface area contributed by atoms with E-state index in [4.69, 9.17) is 5.73 Å². The summed E-state index contributed by atoms with van der Waals surface area (Å²) in [6.45, 7) is 4.84. The Hall–Kier alpha value is -2.38. The number of piperidine rings is 1. The number of benzene rings is 1. The second-order valence-electron chi connectivity index (χ2n) is 8.72.